The number of hydrogen-bond donors (Lipinski definition) is 3. The number of benzene rings is 1. The monoisotopic (exact) mass is 360 g/mol. The van der Waals surface area contributed by atoms with Crippen LogP contribution in [0.15, 0.2) is 11.8 Å². The number of rotatable bonds is 1. The fraction of sp³-hybridized carbons (Fsp3) is 0.591. The highest BCUT2D eigenvalue weighted by molar-refractivity contribution is 6.23. The lowest BCUT2D eigenvalue weighted by molar-refractivity contribution is -0.116. The van der Waals surface area contributed by atoms with E-state index in [9.17, 15) is 20.1 Å². The second-order valence-electron chi connectivity index (χ2n) is 10.3. The topological polar surface area (TPSA) is 77.8 Å². The van der Waals surface area contributed by atoms with Crippen LogP contribution in [0, 0.1) is 5.41 Å². The predicted octanol–water partition coefficient (Wildman–Crippen LogP) is 5.35. The summed E-state index contributed by atoms with van der Waals surface area (Å²) in [5.41, 5.74) is 0.589. The van der Waals surface area contributed by atoms with Gasteiger partial charge in [-0.1, -0.05) is 55.4 Å². The number of aromatic hydroxyl groups is 2. The number of aliphatic hydroxyl groups excluding tert-OH is 1. The SMILES string of the molecule is CC1(C)CC(=O)C(c2cc(C(C)(C)C)c(O)c(O)c2C(C)(C)C)=C(O)C1. The van der Waals surface area contributed by atoms with Gasteiger partial charge in [-0.2, -0.15) is 0 Å². The van der Waals surface area contributed by atoms with E-state index in [-0.39, 0.29) is 34.0 Å². The minimum Gasteiger partial charge on any atom is -0.512 e. The van der Waals surface area contributed by atoms with Crippen molar-refractivity contribution < 1.29 is 20.1 Å². The van der Waals surface area contributed by atoms with E-state index in [0.29, 0.717) is 29.5 Å². The molecule has 0 saturated heterocycles. The van der Waals surface area contributed by atoms with Crippen LogP contribution in [-0.2, 0) is 15.6 Å². The summed E-state index contributed by atoms with van der Waals surface area (Å²) in [4.78, 5) is 12.9. The third-order valence-corrected chi connectivity index (χ3v) is 4.95. The van der Waals surface area contributed by atoms with E-state index in [1.165, 1.54) is 0 Å². The molecule has 0 bridgehead atoms. The lowest BCUT2D eigenvalue weighted by atomic mass is 9.71. The molecule has 2 rings (SSSR count). The molecule has 0 aliphatic heterocycles. The summed E-state index contributed by atoms with van der Waals surface area (Å²) in [7, 11) is 0. The molecule has 26 heavy (non-hydrogen) atoms. The van der Waals surface area contributed by atoms with Gasteiger partial charge in [0.25, 0.3) is 0 Å². The molecule has 0 aromatic heterocycles. The highest BCUT2D eigenvalue weighted by Crippen LogP contribution is 2.49. The van der Waals surface area contributed by atoms with Gasteiger partial charge in [-0.3, -0.25) is 4.79 Å². The van der Waals surface area contributed by atoms with Crippen molar-refractivity contribution in [2.24, 2.45) is 5.41 Å². The summed E-state index contributed by atoms with van der Waals surface area (Å²) in [5.74, 6) is -0.441. The van der Waals surface area contributed by atoms with Crippen molar-refractivity contribution in [3.63, 3.8) is 0 Å². The molecule has 0 radical (unpaired) electrons. The Kier molecular flexibility index (Phi) is 4.72. The average molecular weight is 360 g/mol. The Morgan fingerprint density at radius 3 is 1.85 bits per heavy atom. The molecule has 4 nitrogen and oxygen atoms in total. The predicted molar refractivity (Wildman–Crippen MR) is 105 cm³/mol. The minimum atomic E-state index is -0.520. The molecule has 4 heteroatoms. The minimum absolute atomic E-state index is 0.0571. The first-order valence-electron chi connectivity index (χ1n) is 9.12. The number of carbonyl (C=O) groups excluding carboxylic acids is 1. The molecule has 1 aromatic carbocycles. The van der Waals surface area contributed by atoms with Gasteiger partial charge >= 0.3 is 0 Å². The van der Waals surface area contributed by atoms with E-state index in [4.69, 9.17) is 0 Å². The van der Waals surface area contributed by atoms with Crippen molar-refractivity contribution in [3.05, 3.63) is 28.5 Å². The maximum absolute atomic E-state index is 12.9. The Morgan fingerprint density at radius 2 is 1.42 bits per heavy atom. The van der Waals surface area contributed by atoms with Crippen LogP contribution in [0.4, 0.5) is 0 Å². The van der Waals surface area contributed by atoms with Gasteiger partial charge in [-0.15, -0.1) is 0 Å². The van der Waals surface area contributed by atoms with Crippen LogP contribution >= 0.6 is 0 Å². The molecule has 0 heterocycles. The van der Waals surface area contributed by atoms with Crippen molar-refractivity contribution in [1.82, 2.24) is 0 Å². The number of Topliss-reactive ketones (excluding diaryl/α,β-unsaturated/α-hetero) is 1. The van der Waals surface area contributed by atoms with Gasteiger partial charge in [0.05, 0.1) is 5.57 Å². The first kappa shape index (κ1) is 20.3. The number of aliphatic hydroxyl groups is 1. The van der Waals surface area contributed by atoms with Gasteiger partial charge in [-0.25, -0.2) is 0 Å². The third-order valence-electron chi connectivity index (χ3n) is 4.95. The molecule has 0 unspecified atom stereocenters. The number of ketones is 1. The van der Waals surface area contributed by atoms with Gasteiger partial charge in [0, 0.05) is 24.0 Å². The first-order chi connectivity index (χ1) is 11.6. The Labute approximate surface area is 156 Å². The Morgan fingerprint density at radius 1 is 0.885 bits per heavy atom. The Balaban J connectivity index is 2.91. The molecule has 0 fully saturated rings. The molecule has 1 aliphatic carbocycles. The summed E-state index contributed by atoms with van der Waals surface area (Å²) in [6, 6.07) is 1.76. The van der Waals surface area contributed by atoms with Gasteiger partial charge in [0.1, 0.15) is 5.76 Å². The van der Waals surface area contributed by atoms with Crippen molar-refractivity contribution in [2.75, 3.05) is 0 Å². The van der Waals surface area contributed by atoms with E-state index >= 15 is 0 Å². The number of hydrogen-bond acceptors (Lipinski definition) is 4. The van der Waals surface area contributed by atoms with Crippen LogP contribution in [0.2, 0.25) is 0 Å². The lowest BCUT2D eigenvalue weighted by Gasteiger charge is -2.33. The molecule has 1 aliphatic rings. The van der Waals surface area contributed by atoms with Gasteiger partial charge in [0.2, 0.25) is 0 Å². The van der Waals surface area contributed by atoms with Crippen molar-refractivity contribution >= 4 is 11.4 Å². The number of phenols is 2. The standard InChI is InChI=1S/C22H32O4/c1-20(2,3)13-9-12(17(21(4,5)6)19(26)18(13)25)16-14(23)10-22(7,8)11-15(16)24/h9,23,25-26H,10-11H2,1-8H3. The molecular formula is C22H32O4. The van der Waals surface area contributed by atoms with E-state index in [1.54, 1.807) is 6.07 Å². The number of phenolic OH excluding ortho intramolecular Hbond substituents is 2. The highest BCUT2D eigenvalue weighted by Gasteiger charge is 2.38. The fourth-order valence-corrected chi connectivity index (χ4v) is 3.78. The van der Waals surface area contributed by atoms with Crippen molar-refractivity contribution in [2.45, 2.75) is 79.1 Å². The molecular weight excluding hydrogens is 328 g/mol. The summed E-state index contributed by atoms with van der Waals surface area (Å²) >= 11 is 0. The van der Waals surface area contributed by atoms with Crippen LogP contribution in [0.3, 0.4) is 0 Å². The van der Waals surface area contributed by atoms with Crippen LogP contribution in [0.1, 0.15) is 84.9 Å². The highest BCUT2D eigenvalue weighted by atomic mass is 16.3. The molecule has 0 spiro atoms. The van der Waals surface area contributed by atoms with Gasteiger partial charge < -0.3 is 15.3 Å². The fourth-order valence-electron chi connectivity index (χ4n) is 3.78. The first-order valence-corrected chi connectivity index (χ1v) is 9.12. The van der Waals surface area contributed by atoms with E-state index in [2.05, 4.69) is 0 Å². The molecule has 0 amide bonds. The lowest BCUT2D eigenvalue weighted by Crippen LogP contribution is -2.27. The van der Waals surface area contributed by atoms with Crippen LogP contribution in [0.5, 0.6) is 11.5 Å². The maximum Gasteiger partial charge on any atom is 0.167 e. The number of allylic oxidation sites excluding steroid dienone is 2. The van der Waals surface area contributed by atoms with Crippen molar-refractivity contribution in [1.29, 1.82) is 0 Å². The number of carbonyl (C=O) groups is 1. The smallest absolute Gasteiger partial charge is 0.167 e. The maximum atomic E-state index is 12.9. The zero-order chi connectivity index (χ0) is 20.2. The summed E-state index contributed by atoms with van der Waals surface area (Å²) in [5, 5.41) is 32.1. The van der Waals surface area contributed by atoms with E-state index < -0.39 is 10.8 Å². The zero-order valence-corrected chi connectivity index (χ0v) is 17.2. The molecule has 3 N–H and O–H groups in total. The second kappa shape index (κ2) is 6.04. The summed E-state index contributed by atoms with van der Waals surface area (Å²) in [6.07, 6.45) is 0.743. The summed E-state index contributed by atoms with van der Waals surface area (Å²) in [6.45, 7) is 15.4. The van der Waals surface area contributed by atoms with E-state index in [1.807, 2.05) is 55.4 Å². The zero-order valence-electron chi connectivity index (χ0n) is 17.2. The molecule has 0 atom stereocenters. The quantitative estimate of drug-likeness (QED) is 0.590. The van der Waals surface area contributed by atoms with Crippen LogP contribution in [0.25, 0.3) is 5.57 Å². The Hall–Kier alpha value is -1.97. The summed E-state index contributed by atoms with van der Waals surface area (Å²) < 4.78 is 0. The second-order valence-corrected chi connectivity index (χ2v) is 10.3. The van der Waals surface area contributed by atoms with Crippen molar-refractivity contribution in [3.8, 4) is 11.5 Å². The molecule has 144 valence electrons. The third kappa shape index (κ3) is 3.60. The largest absolute Gasteiger partial charge is 0.512 e. The van der Waals surface area contributed by atoms with E-state index in [0.717, 1.165) is 0 Å². The normalized spacial score (nSPS) is 18.4. The van der Waals surface area contributed by atoms with Gasteiger partial charge in [-0.05, 0) is 27.9 Å². The molecule has 1 aromatic rings. The Bertz CT molecular complexity index is 784. The molecule has 0 saturated carbocycles. The van der Waals surface area contributed by atoms with Crippen LogP contribution in [-0.4, -0.2) is 21.1 Å². The van der Waals surface area contributed by atoms with Gasteiger partial charge in [0.15, 0.2) is 17.3 Å². The van der Waals surface area contributed by atoms with Crippen LogP contribution < -0.4 is 0 Å². The average Bonchev–Trinajstić information content (AvgIpc) is 2.37.